The Bertz CT molecular complexity index is 335. The third-order valence-corrected chi connectivity index (χ3v) is 3.06. The summed E-state index contributed by atoms with van der Waals surface area (Å²) < 4.78 is 5.60. The second-order valence-electron chi connectivity index (χ2n) is 4.70. The molecule has 18 heavy (non-hydrogen) atoms. The van der Waals surface area contributed by atoms with Gasteiger partial charge in [0.2, 0.25) is 0 Å². The standard InChI is InChI=1S/C14H21Cl2NO/c1-11(2)10-17-8-3-4-9-18-14-12(15)6-5-7-13(14)16/h5-7,11,17H,3-4,8-10H2,1-2H3. The summed E-state index contributed by atoms with van der Waals surface area (Å²) in [5, 5.41) is 4.54. The summed E-state index contributed by atoms with van der Waals surface area (Å²) in [4.78, 5) is 0. The molecule has 0 aliphatic rings. The molecule has 4 heteroatoms. The van der Waals surface area contributed by atoms with E-state index in [4.69, 9.17) is 27.9 Å². The molecule has 1 aromatic carbocycles. The molecule has 0 heterocycles. The predicted octanol–water partition coefficient (Wildman–Crippen LogP) is 4.40. The van der Waals surface area contributed by atoms with Crippen LogP contribution in [0.25, 0.3) is 0 Å². The van der Waals surface area contributed by atoms with Gasteiger partial charge in [-0.05, 0) is 44.0 Å². The van der Waals surface area contributed by atoms with Crippen molar-refractivity contribution < 1.29 is 4.74 Å². The maximum absolute atomic E-state index is 6.01. The summed E-state index contributed by atoms with van der Waals surface area (Å²) in [6.45, 7) is 7.15. The zero-order valence-corrected chi connectivity index (χ0v) is 12.5. The predicted molar refractivity (Wildman–Crippen MR) is 78.9 cm³/mol. The van der Waals surface area contributed by atoms with E-state index in [0.29, 0.717) is 28.3 Å². The average molecular weight is 290 g/mol. The Morgan fingerprint density at radius 2 is 1.83 bits per heavy atom. The van der Waals surface area contributed by atoms with Crippen molar-refractivity contribution in [3.05, 3.63) is 28.2 Å². The number of hydrogen-bond donors (Lipinski definition) is 1. The van der Waals surface area contributed by atoms with Gasteiger partial charge >= 0.3 is 0 Å². The molecule has 0 saturated carbocycles. The van der Waals surface area contributed by atoms with Gasteiger partial charge in [0.15, 0.2) is 5.75 Å². The molecule has 1 rings (SSSR count). The molecule has 0 fully saturated rings. The molecule has 102 valence electrons. The molecule has 0 radical (unpaired) electrons. The lowest BCUT2D eigenvalue weighted by atomic mass is 10.2. The van der Waals surface area contributed by atoms with Crippen LogP contribution in [0.15, 0.2) is 18.2 Å². The van der Waals surface area contributed by atoms with Gasteiger partial charge in [-0.1, -0.05) is 43.1 Å². The maximum Gasteiger partial charge on any atom is 0.156 e. The molecule has 0 amide bonds. The van der Waals surface area contributed by atoms with Gasteiger partial charge in [0, 0.05) is 0 Å². The van der Waals surface area contributed by atoms with E-state index in [9.17, 15) is 0 Å². The van der Waals surface area contributed by atoms with E-state index in [0.717, 1.165) is 25.9 Å². The molecule has 0 aliphatic heterocycles. The highest BCUT2D eigenvalue weighted by Crippen LogP contribution is 2.32. The topological polar surface area (TPSA) is 21.3 Å². The van der Waals surface area contributed by atoms with E-state index >= 15 is 0 Å². The number of para-hydroxylation sites is 1. The minimum atomic E-state index is 0.570. The van der Waals surface area contributed by atoms with Gasteiger partial charge in [-0.25, -0.2) is 0 Å². The zero-order valence-electron chi connectivity index (χ0n) is 11.0. The second-order valence-corrected chi connectivity index (χ2v) is 5.52. The van der Waals surface area contributed by atoms with Crippen LogP contribution in [0.4, 0.5) is 0 Å². The van der Waals surface area contributed by atoms with Crippen molar-refractivity contribution in [3.8, 4) is 5.75 Å². The Hall–Kier alpha value is -0.440. The molecule has 1 N–H and O–H groups in total. The lowest BCUT2D eigenvalue weighted by Crippen LogP contribution is -2.21. The fourth-order valence-electron chi connectivity index (χ4n) is 1.54. The highest BCUT2D eigenvalue weighted by atomic mass is 35.5. The van der Waals surface area contributed by atoms with E-state index < -0.39 is 0 Å². The molecule has 0 atom stereocenters. The Kier molecular flexibility index (Phi) is 7.48. The van der Waals surface area contributed by atoms with E-state index in [1.807, 2.05) is 6.07 Å². The van der Waals surface area contributed by atoms with Crippen molar-refractivity contribution >= 4 is 23.2 Å². The SMILES string of the molecule is CC(C)CNCCCCOc1c(Cl)cccc1Cl. The Morgan fingerprint density at radius 3 is 2.44 bits per heavy atom. The fraction of sp³-hybridized carbons (Fsp3) is 0.571. The first kappa shape index (κ1) is 15.6. The molecule has 0 saturated heterocycles. The number of halogens is 2. The van der Waals surface area contributed by atoms with Crippen molar-refractivity contribution in [1.29, 1.82) is 0 Å². The Morgan fingerprint density at radius 1 is 1.17 bits per heavy atom. The van der Waals surface area contributed by atoms with E-state index in [-0.39, 0.29) is 0 Å². The molecule has 0 spiro atoms. The van der Waals surface area contributed by atoms with Gasteiger partial charge in [-0.3, -0.25) is 0 Å². The molecule has 0 aromatic heterocycles. The monoisotopic (exact) mass is 289 g/mol. The first-order valence-electron chi connectivity index (χ1n) is 6.38. The van der Waals surface area contributed by atoms with Gasteiger partial charge in [0.25, 0.3) is 0 Å². The quantitative estimate of drug-likeness (QED) is 0.717. The van der Waals surface area contributed by atoms with E-state index in [2.05, 4.69) is 19.2 Å². The molecule has 0 unspecified atom stereocenters. The third-order valence-electron chi connectivity index (χ3n) is 2.47. The number of rotatable bonds is 8. The summed E-state index contributed by atoms with van der Waals surface area (Å²) in [5.41, 5.74) is 0. The van der Waals surface area contributed by atoms with Gasteiger partial charge in [-0.2, -0.15) is 0 Å². The normalized spacial score (nSPS) is 10.9. The van der Waals surface area contributed by atoms with E-state index in [1.165, 1.54) is 0 Å². The lowest BCUT2D eigenvalue weighted by Gasteiger charge is -2.10. The zero-order chi connectivity index (χ0) is 13.4. The summed E-state index contributed by atoms with van der Waals surface area (Å²) >= 11 is 12.0. The Labute approximate surface area is 120 Å². The lowest BCUT2D eigenvalue weighted by molar-refractivity contribution is 0.305. The summed E-state index contributed by atoms with van der Waals surface area (Å²) in [7, 11) is 0. The van der Waals surface area contributed by atoms with Crippen molar-refractivity contribution in [1.82, 2.24) is 5.32 Å². The van der Waals surface area contributed by atoms with Crippen LogP contribution in [0.3, 0.4) is 0 Å². The minimum Gasteiger partial charge on any atom is -0.490 e. The summed E-state index contributed by atoms with van der Waals surface area (Å²) in [5.74, 6) is 1.29. The summed E-state index contributed by atoms with van der Waals surface area (Å²) in [6, 6.07) is 5.38. The van der Waals surface area contributed by atoms with Crippen LogP contribution in [0.2, 0.25) is 10.0 Å². The summed E-state index contributed by atoms with van der Waals surface area (Å²) in [6.07, 6.45) is 2.08. The van der Waals surface area contributed by atoms with Crippen LogP contribution >= 0.6 is 23.2 Å². The molecular formula is C14H21Cl2NO. The molecular weight excluding hydrogens is 269 g/mol. The average Bonchev–Trinajstić information content (AvgIpc) is 2.30. The third kappa shape index (κ3) is 5.94. The minimum absolute atomic E-state index is 0.570. The van der Waals surface area contributed by atoms with Crippen LogP contribution in [0.5, 0.6) is 5.75 Å². The number of ether oxygens (including phenoxy) is 1. The number of nitrogens with one attached hydrogen (secondary N) is 1. The molecule has 0 bridgehead atoms. The van der Waals surface area contributed by atoms with Gasteiger partial charge in [0.1, 0.15) is 0 Å². The van der Waals surface area contributed by atoms with E-state index in [1.54, 1.807) is 12.1 Å². The molecule has 0 aliphatic carbocycles. The van der Waals surface area contributed by atoms with Crippen molar-refractivity contribution in [2.45, 2.75) is 26.7 Å². The highest BCUT2D eigenvalue weighted by molar-refractivity contribution is 6.37. The van der Waals surface area contributed by atoms with Crippen LogP contribution < -0.4 is 10.1 Å². The maximum atomic E-state index is 6.01. The number of benzene rings is 1. The largest absolute Gasteiger partial charge is 0.490 e. The van der Waals surface area contributed by atoms with Crippen molar-refractivity contribution in [2.75, 3.05) is 19.7 Å². The van der Waals surface area contributed by atoms with Gasteiger partial charge in [0.05, 0.1) is 16.7 Å². The van der Waals surface area contributed by atoms with Crippen LogP contribution in [-0.4, -0.2) is 19.7 Å². The Balaban J connectivity index is 2.14. The smallest absolute Gasteiger partial charge is 0.156 e. The first-order valence-corrected chi connectivity index (χ1v) is 7.14. The number of hydrogen-bond acceptors (Lipinski definition) is 2. The number of unbranched alkanes of at least 4 members (excludes halogenated alkanes) is 1. The van der Waals surface area contributed by atoms with Crippen molar-refractivity contribution in [2.24, 2.45) is 5.92 Å². The van der Waals surface area contributed by atoms with Crippen LogP contribution in [0, 0.1) is 5.92 Å². The molecule has 2 nitrogen and oxygen atoms in total. The second kappa shape index (κ2) is 8.63. The molecule has 1 aromatic rings. The highest BCUT2D eigenvalue weighted by Gasteiger charge is 2.05. The first-order chi connectivity index (χ1) is 8.61. The van der Waals surface area contributed by atoms with Crippen molar-refractivity contribution in [3.63, 3.8) is 0 Å². The van der Waals surface area contributed by atoms with Gasteiger partial charge in [-0.15, -0.1) is 0 Å². The van der Waals surface area contributed by atoms with Gasteiger partial charge < -0.3 is 10.1 Å². The van der Waals surface area contributed by atoms with Crippen LogP contribution in [0.1, 0.15) is 26.7 Å². The fourth-order valence-corrected chi connectivity index (χ4v) is 2.04. The van der Waals surface area contributed by atoms with Crippen LogP contribution in [-0.2, 0) is 0 Å².